The SMILES string of the molecule is CS(=O)(=O)Oc1ccc2c([nH]c(=O)c3cccn32)c1F. The summed E-state index contributed by atoms with van der Waals surface area (Å²) < 4.78 is 42.4. The Morgan fingerprint density at radius 2 is 2.00 bits per heavy atom. The second-order valence-corrected chi connectivity index (χ2v) is 5.85. The zero-order valence-electron chi connectivity index (χ0n) is 10.3. The van der Waals surface area contributed by atoms with Crippen LogP contribution >= 0.6 is 0 Å². The zero-order valence-corrected chi connectivity index (χ0v) is 11.1. The molecule has 0 aliphatic carbocycles. The number of H-pyrrole nitrogens is 1. The van der Waals surface area contributed by atoms with Crippen molar-refractivity contribution in [1.29, 1.82) is 0 Å². The normalized spacial score (nSPS) is 12.1. The lowest BCUT2D eigenvalue weighted by Crippen LogP contribution is -2.12. The Labute approximate surface area is 112 Å². The van der Waals surface area contributed by atoms with Crippen molar-refractivity contribution < 1.29 is 17.0 Å². The second-order valence-electron chi connectivity index (χ2n) is 4.28. The molecule has 3 aromatic rings. The molecule has 0 unspecified atom stereocenters. The summed E-state index contributed by atoms with van der Waals surface area (Å²) in [6.45, 7) is 0. The van der Waals surface area contributed by atoms with Crippen LogP contribution in [-0.2, 0) is 10.1 Å². The monoisotopic (exact) mass is 296 g/mol. The van der Waals surface area contributed by atoms with Gasteiger partial charge in [0.05, 0.1) is 11.8 Å². The van der Waals surface area contributed by atoms with Gasteiger partial charge in [0.1, 0.15) is 11.0 Å². The van der Waals surface area contributed by atoms with E-state index >= 15 is 0 Å². The van der Waals surface area contributed by atoms with E-state index < -0.39 is 27.2 Å². The molecule has 2 heterocycles. The van der Waals surface area contributed by atoms with Crippen molar-refractivity contribution in [3.05, 3.63) is 46.6 Å². The highest BCUT2D eigenvalue weighted by Gasteiger charge is 2.16. The quantitative estimate of drug-likeness (QED) is 0.722. The number of fused-ring (bicyclic) bond motifs is 3. The van der Waals surface area contributed by atoms with Gasteiger partial charge in [-0.05, 0) is 24.3 Å². The number of nitrogens with zero attached hydrogens (tertiary/aromatic N) is 1. The molecule has 104 valence electrons. The Balaban J connectivity index is 2.38. The molecule has 2 aromatic heterocycles. The molecule has 3 rings (SSSR count). The summed E-state index contributed by atoms with van der Waals surface area (Å²) in [5, 5.41) is 0. The van der Waals surface area contributed by atoms with Crippen molar-refractivity contribution in [2.45, 2.75) is 0 Å². The third-order valence-electron chi connectivity index (χ3n) is 2.81. The van der Waals surface area contributed by atoms with Gasteiger partial charge < -0.3 is 13.6 Å². The van der Waals surface area contributed by atoms with Gasteiger partial charge in [0.15, 0.2) is 11.6 Å². The predicted octanol–water partition coefficient (Wildman–Crippen LogP) is 1.26. The van der Waals surface area contributed by atoms with Crippen molar-refractivity contribution in [3.63, 3.8) is 0 Å². The van der Waals surface area contributed by atoms with Crippen LogP contribution < -0.4 is 9.74 Å². The van der Waals surface area contributed by atoms with Crippen LogP contribution in [-0.4, -0.2) is 24.1 Å². The van der Waals surface area contributed by atoms with Crippen LogP contribution in [0.5, 0.6) is 5.75 Å². The summed E-state index contributed by atoms with van der Waals surface area (Å²) in [5.74, 6) is -1.39. The Morgan fingerprint density at radius 3 is 2.70 bits per heavy atom. The van der Waals surface area contributed by atoms with Crippen LogP contribution in [0.1, 0.15) is 0 Å². The van der Waals surface area contributed by atoms with E-state index in [1.807, 2.05) is 0 Å². The third kappa shape index (κ3) is 1.94. The molecule has 20 heavy (non-hydrogen) atoms. The first-order valence-electron chi connectivity index (χ1n) is 5.58. The topological polar surface area (TPSA) is 80.6 Å². The minimum Gasteiger partial charge on any atom is -0.379 e. The molecule has 0 atom stereocenters. The first-order chi connectivity index (χ1) is 9.37. The van der Waals surface area contributed by atoms with Crippen molar-refractivity contribution >= 4 is 26.7 Å². The number of hydrogen-bond donors (Lipinski definition) is 1. The van der Waals surface area contributed by atoms with Crippen LogP contribution in [0.3, 0.4) is 0 Å². The summed E-state index contributed by atoms with van der Waals surface area (Å²) in [6, 6.07) is 5.93. The molecule has 0 saturated carbocycles. The summed E-state index contributed by atoms with van der Waals surface area (Å²) in [6.07, 6.45) is 2.43. The van der Waals surface area contributed by atoms with Crippen LogP contribution in [0.15, 0.2) is 35.3 Å². The molecular weight excluding hydrogens is 287 g/mol. The number of aromatic amines is 1. The lowest BCUT2D eigenvalue weighted by molar-refractivity contribution is 0.469. The highest BCUT2D eigenvalue weighted by atomic mass is 32.2. The van der Waals surface area contributed by atoms with Gasteiger partial charge in [-0.15, -0.1) is 0 Å². The van der Waals surface area contributed by atoms with E-state index in [1.54, 1.807) is 18.3 Å². The van der Waals surface area contributed by atoms with Crippen molar-refractivity contribution in [3.8, 4) is 5.75 Å². The molecular formula is C12H9FN2O4S. The molecule has 0 radical (unpaired) electrons. The Kier molecular flexibility index (Phi) is 2.58. The average molecular weight is 296 g/mol. The molecule has 0 fully saturated rings. The number of halogens is 1. The maximum atomic E-state index is 14.2. The summed E-state index contributed by atoms with van der Waals surface area (Å²) in [7, 11) is -3.85. The van der Waals surface area contributed by atoms with Gasteiger partial charge >= 0.3 is 10.1 Å². The molecule has 8 heteroatoms. The second kappa shape index (κ2) is 4.07. The largest absolute Gasteiger partial charge is 0.379 e. The summed E-state index contributed by atoms with van der Waals surface area (Å²) >= 11 is 0. The van der Waals surface area contributed by atoms with Gasteiger partial charge in [0.25, 0.3) is 5.56 Å². The van der Waals surface area contributed by atoms with Crippen molar-refractivity contribution in [1.82, 2.24) is 9.38 Å². The van der Waals surface area contributed by atoms with Crippen LogP contribution in [0.4, 0.5) is 4.39 Å². The minimum absolute atomic E-state index is 0.111. The van der Waals surface area contributed by atoms with Gasteiger partial charge in [-0.25, -0.2) is 4.39 Å². The first kappa shape index (κ1) is 12.7. The summed E-state index contributed by atoms with van der Waals surface area (Å²) in [5.41, 5.74) is 0.189. The number of aromatic nitrogens is 2. The molecule has 0 aliphatic heterocycles. The maximum absolute atomic E-state index is 14.2. The first-order valence-corrected chi connectivity index (χ1v) is 7.39. The van der Waals surface area contributed by atoms with Crippen LogP contribution in [0.2, 0.25) is 0 Å². The van der Waals surface area contributed by atoms with Crippen LogP contribution in [0.25, 0.3) is 16.6 Å². The van der Waals surface area contributed by atoms with Crippen molar-refractivity contribution in [2.75, 3.05) is 6.26 Å². The molecule has 0 spiro atoms. The molecule has 1 aromatic carbocycles. The molecule has 0 amide bonds. The van der Waals surface area contributed by atoms with Gasteiger partial charge in [-0.2, -0.15) is 8.42 Å². The molecule has 6 nitrogen and oxygen atoms in total. The predicted molar refractivity (Wildman–Crippen MR) is 71.0 cm³/mol. The fourth-order valence-electron chi connectivity index (χ4n) is 2.05. The number of rotatable bonds is 2. The average Bonchev–Trinajstić information content (AvgIpc) is 2.82. The van der Waals surface area contributed by atoms with E-state index in [0.29, 0.717) is 11.0 Å². The molecule has 0 saturated heterocycles. The third-order valence-corrected chi connectivity index (χ3v) is 3.29. The standard InChI is InChI=1S/C12H9FN2O4S/c1-20(17,18)19-9-5-4-7-11(10(9)13)14-12(16)8-3-2-6-15(7)8/h2-6H,1H3,(H,14,16). The molecule has 0 aliphatic rings. The van der Waals surface area contributed by atoms with Crippen molar-refractivity contribution in [2.24, 2.45) is 0 Å². The van der Waals surface area contributed by atoms with E-state index in [0.717, 1.165) is 6.26 Å². The number of benzene rings is 1. The van der Waals surface area contributed by atoms with E-state index in [-0.39, 0.29) is 5.52 Å². The number of hydrogen-bond acceptors (Lipinski definition) is 4. The molecule has 0 bridgehead atoms. The highest BCUT2D eigenvalue weighted by Crippen LogP contribution is 2.25. The lowest BCUT2D eigenvalue weighted by Gasteiger charge is -2.08. The van der Waals surface area contributed by atoms with E-state index in [2.05, 4.69) is 9.17 Å². The van der Waals surface area contributed by atoms with Gasteiger partial charge in [-0.1, -0.05) is 0 Å². The zero-order chi connectivity index (χ0) is 14.5. The fraction of sp³-hybridized carbons (Fsp3) is 0.0833. The Hall–Kier alpha value is -2.35. The summed E-state index contributed by atoms with van der Waals surface area (Å²) in [4.78, 5) is 14.2. The maximum Gasteiger partial charge on any atom is 0.306 e. The van der Waals surface area contributed by atoms with Gasteiger partial charge in [-0.3, -0.25) is 4.79 Å². The Bertz CT molecular complexity index is 988. The number of nitrogens with one attached hydrogen (secondary N) is 1. The van der Waals surface area contributed by atoms with Crippen LogP contribution in [0, 0.1) is 5.82 Å². The fourth-order valence-corrected chi connectivity index (χ4v) is 2.50. The van der Waals surface area contributed by atoms with E-state index in [4.69, 9.17) is 0 Å². The van der Waals surface area contributed by atoms with E-state index in [9.17, 15) is 17.6 Å². The Morgan fingerprint density at radius 1 is 1.25 bits per heavy atom. The van der Waals surface area contributed by atoms with Gasteiger partial charge in [0, 0.05) is 6.20 Å². The minimum atomic E-state index is -3.85. The van der Waals surface area contributed by atoms with Gasteiger partial charge in [0.2, 0.25) is 0 Å². The van der Waals surface area contributed by atoms with E-state index in [1.165, 1.54) is 16.5 Å². The lowest BCUT2D eigenvalue weighted by atomic mass is 10.2. The molecule has 1 N–H and O–H groups in total. The smallest absolute Gasteiger partial charge is 0.306 e. The highest BCUT2D eigenvalue weighted by molar-refractivity contribution is 7.86.